The number of imide groups is 1. The molecule has 3 amide bonds. The Morgan fingerprint density at radius 2 is 1.45 bits per heavy atom. The van der Waals surface area contributed by atoms with E-state index in [1.54, 1.807) is 42.5 Å². The van der Waals surface area contributed by atoms with Crippen LogP contribution in [-0.2, 0) is 9.59 Å². The van der Waals surface area contributed by atoms with Gasteiger partial charge >= 0.3 is 0 Å². The molecule has 2 aromatic carbocycles. The van der Waals surface area contributed by atoms with Gasteiger partial charge in [-0.3, -0.25) is 19.2 Å². The molecule has 0 aromatic heterocycles. The number of ketones is 1. The molecule has 7 heteroatoms. The molecule has 3 atom stereocenters. The topological polar surface area (TPSA) is 74.8 Å². The number of rotatable bonds is 5. The summed E-state index contributed by atoms with van der Waals surface area (Å²) in [6.45, 7) is 1.53. The summed E-state index contributed by atoms with van der Waals surface area (Å²) in [6.07, 6.45) is 4.63. The standard InChI is InChI=1S/C24H21ClN2O4/c1-15(21(28)16-7-3-2-4-8-16)26(22(29)17-11-13-18(25)14-12-17)27-23(30)19-9-5-6-10-20(19)24(27)31/h2-8,11-15,19-20H,9-10H2,1H3/t15-,19-,20+/m1/s1. The summed E-state index contributed by atoms with van der Waals surface area (Å²) in [7, 11) is 0. The molecule has 1 saturated heterocycles. The zero-order valence-electron chi connectivity index (χ0n) is 16.9. The van der Waals surface area contributed by atoms with E-state index in [4.69, 9.17) is 11.6 Å². The molecular weight excluding hydrogens is 416 g/mol. The minimum Gasteiger partial charge on any atom is -0.292 e. The van der Waals surface area contributed by atoms with Gasteiger partial charge in [0, 0.05) is 16.1 Å². The molecule has 1 aliphatic heterocycles. The molecule has 31 heavy (non-hydrogen) atoms. The Kier molecular flexibility index (Phi) is 5.74. The molecule has 1 fully saturated rings. The van der Waals surface area contributed by atoms with Crippen molar-refractivity contribution >= 4 is 35.1 Å². The summed E-state index contributed by atoms with van der Waals surface area (Å²) in [5, 5.41) is 2.36. The number of fused-ring (bicyclic) bond motifs is 1. The molecule has 0 spiro atoms. The monoisotopic (exact) mass is 436 g/mol. The summed E-state index contributed by atoms with van der Waals surface area (Å²) in [4.78, 5) is 53.0. The molecule has 6 nitrogen and oxygen atoms in total. The fourth-order valence-corrected chi connectivity index (χ4v) is 4.24. The minimum absolute atomic E-state index is 0.228. The van der Waals surface area contributed by atoms with E-state index in [1.807, 2.05) is 12.2 Å². The van der Waals surface area contributed by atoms with Crippen LogP contribution in [0.4, 0.5) is 0 Å². The van der Waals surface area contributed by atoms with Crippen LogP contribution >= 0.6 is 11.6 Å². The first kappa shape index (κ1) is 21.0. The highest BCUT2D eigenvalue weighted by molar-refractivity contribution is 6.30. The molecule has 4 rings (SSSR count). The normalized spacial score (nSPS) is 21.0. The number of halogens is 1. The van der Waals surface area contributed by atoms with Gasteiger partial charge in [-0.2, -0.15) is 5.01 Å². The largest absolute Gasteiger partial charge is 0.292 e. The third-order valence-corrected chi connectivity index (χ3v) is 6.06. The van der Waals surface area contributed by atoms with Crippen LogP contribution in [0.5, 0.6) is 0 Å². The van der Waals surface area contributed by atoms with Gasteiger partial charge in [0.1, 0.15) is 6.04 Å². The van der Waals surface area contributed by atoms with Gasteiger partial charge < -0.3 is 0 Å². The van der Waals surface area contributed by atoms with Gasteiger partial charge in [-0.15, -0.1) is 0 Å². The molecule has 0 unspecified atom stereocenters. The van der Waals surface area contributed by atoms with E-state index in [0.717, 1.165) is 10.0 Å². The fraction of sp³-hybridized carbons (Fsp3) is 0.250. The molecule has 0 radical (unpaired) electrons. The SMILES string of the molecule is C[C@H](C(=O)c1ccccc1)N(C(=O)c1ccc(Cl)cc1)N1C(=O)[C@H]2CC=CC[C@H]2C1=O. The number of amides is 3. The second-order valence-corrected chi connectivity index (χ2v) is 8.14. The van der Waals surface area contributed by atoms with E-state index in [-0.39, 0.29) is 11.3 Å². The van der Waals surface area contributed by atoms with Crippen LogP contribution in [0.25, 0.3) is 0 Å². The van der Waals surface area contributed by atoms with Crippen molar-refractivity contribution in [3.8, 4) is 0 Å². The number of hydrogen-bond acceptors (Lipinski definition) is 4. The first-order chi connectivity index (χ1) is 14.9. The van der Waals surface area contributed by atoms with Crippen molar-refractivity contribution in [3.63, 3.8) is 0 Å². The van der Waals surface area contributed by atoms with Crippen LogP contribution in [0, 0.1) is 11.8 Å². The maximum absolute atomic E-state index is 13.5. The zero-order chi connectivity index (χ0) is 22.1. The van der Waals surface area contributed by atoms with Gasteiger partial charge in [-0.1, -0.05) is 54.1 Å². The molecule has 158 valence electrons. The maximum Gasteiger partial charge on any atom is 0.273 e. The number of hydrogen-bond donors (Lipinski definition) is 0. The van der Waals surface area contributed by atoms with Crippen molar-refractivity contribution in [2.45, 2.75) is 25.8 Å². The summed E-state index contributed by atoms with van der Waals surface area (Å²) >= 11 is 5.94. The van der Waals surface area contributed by atoms with Crippen LogP contribution in [0.2, 0.25) is 5.02 Å². The fourth-order valence-electron chi connectivity index (χ4n) is 4.11. The summed E-state index contributed by atoms with van der Waals surface area (Å²) in [5.41, 5.74) is 0.618. The third-order valence-electron chi connectivity index (χ3n) is 5.80. The van der Waals surface area contributed by atoms with Crippen molar-refractivity contribution in [1.29, 1.82) is 0 Å². The Morgan fingerprint density at radius 3 is 2.00 bits per heavy atom. The van der Waals surface area contributed by atoms with Crippen LogP contribution in [0.3, 0.4) is 0 Å². The zero-order valence-corrected chi connectivity index (χ0v) is 17.7. The molecule has 0 bridgehead atoms. The lowest BCUT2D eigenvalue weighted by atomic mass is 9.85. The highest BCUT2D eigenvalue weighted by Crippen LogP contribution is 2.37. The van der Waals surface area contributed by atoms with Gasteiger partial charge in [-0.25, -0.2) is 5.01 Å². The lowest BCUT2D eigenvalue weighted by Crippen LogP contribution is -2.56. The molecule has 1 aliphatic carbocycles. The molecule has 2 aliphatic rings. The lowest BCUT2D eigenvalue weighted by Gasteiger charge is -2.34. The molecule has 0 saturated carbocycles. The third kappa shape index (κ3) is 3.79. The van der Waals surface area contributed by atoms with Gasteiger partial charge in [-0.05, 0) is 44.0 Å². The van der Waals surface area contributed by atoms with Crippen LogP contribution in [0.15, 0.2) is 66.7 Å². The molecule has 0 N–H and O–H groups in total. The van der Waals surface area contributed by atoms with E-state index in [2.05, 4.69) is 0 Å². The predicted molar refractivity (Wildman–Crippen MR) is 115 cm³/mol. The number of nitrogens with zero attached hydrogens (tertiary/aromatic N) is 2. The van der Waals surface area contributed by atoms with Crippen LogP contribution in [0.1, 0.15) is 40.5 Å². The highest BCUT2D eigenvalue weighted by atomic mass is 35.5. The van der Waals surface area contributed by atoms with Crippen molar-refractivity contribution in [1.82, 2.24) is 10.0 Å². The first-order valence-corrected chi connectivity index (χ1v) is 10.5. The Hall–Kier alpha value is -3.25. The van der Waals surface area contributed by atoms with E-state index < -0.39 is 35.6 Å². The smallest absolute Gasteiger partial charge is 0.273 e. The maximum atomic E-state index is 13.5. The van der Waals surface area contributed by atoms with Crippen molar-refractivity contribution < 1.29 is 19.2 Å². The summed E-state index contributed by atoms with van der Waals surface area (Å²) in [6, 6.07) is 13.6. The Balaban J connectivity index is 1.75. The van der Waals surface area contributed by atoms with Crippen molar-refractivity contribution in [3.05, 3.63) is 82.9 Å². The minimum atomic E-state index is -1.06. The van der Waals surface area contributed by atoms with E-state index in [0.29, 0.717) is 23.4 Å². The number of hydrazine groups is 1. The molecule has 1 heterocycles. The Labute approximate surface area is 185 Å². The Morgan fingerprint density at radius 1 is 0.903 bits per heavy atom. The van der Waals surface area contributed by atoms with E-state index in [9.17, 15) is 19.2 Å². The predicted octanol–water partition coefficient (Wildman–Crippen LogP) is 3.92. The van der Waals surface area contributed by atoms with Gasteiger partial charge in [0.15, 0.2) is 5.78 Å². The number of allylic oxidation sites excluding steroid dienone is 2. The number of carbonyl (C=O) groups is 4. The number of benzene rings is 2. The second-order valence-electron chi connectivity index (χ2n) is 7.71. The van der Waals surface area contributed by atoms with Crippen LogP contribution < -0.4 is 0 Å². The molecule has 2 aromatic rings. The van der Waals surface area contributed by atoms with E-state index >= 15 is 0 Å². The average molecular weight is 437 g/mol. The quantitative estimate of drug-likeness (QED) is 0.404. The van der Waals surface area contributed by atoms with Gasteiger partial charge in [0.25, 0.3) is 17.7 Å². The van der Waals surface area contributed by atoms with Crippen LogP contribution in [-0.4, -0.2) is 39.6 Å². The molecular formula is C24H21ClN2O4. The number of Topliss-reactive ketones (excluding diaryl/α,β-unsaturated/α-hetero) is 1. The van der Waals surface area contributed by atoms with Crippen molar-refractivity contribution in [2.24, 2.45) is 11.8 Å². The van der Waals surface area contributed by atoms with Gasteiger partial charge in [0.2, 0.25) is 0 Å². The summed E-state index contributed by atoms with van der Waals surface area (Å²) < 4.78 is 0. The summed E-state index contributed by atoms with van der Waals surface area (Å²) in [5.74, 6) is -2.91. The lowest BCUT2D eigenvalue weighted by molar-refractivity contribution is -0.156. The first-order valence-electron chi connectivity index (χ1n) is 10.1. The number of carbonyl (C=O) groups excluding carboxylic acids is 4. The Bertz CT molecular complexity index is 1040. The van der Waals surface area contributed by atoms with Crippen molar-refractivity contribution in [2.75, 3.05) is 0 Å². The second kappa shape index (κ2) is 8.47. The van der Waals surface area contributed by atoms with E-state index in [1.165, 1.54) is 19.1 Å². The van der Waals surface area contributed by atoms with Gasteiger partial charge in [0.05, 0.1) is 11.8 Å². The highest BCUT2D eigenvalue weighted by Gasteiger charge is 2.52. The average Bonchev–Trinajstić information content (AvgIpc) is 3.05.